The van der Waals surface area contributed by atoms with Crippen LogP contribution in [0.1, 0.15) is 12.5 Å². The van der Waals surface area contributed by atoms with E-state index in [2.05, 4.69) is 5.32 Å². The second-order valence-corrected chi connectivity index (χ2v) is 7.94. The minimum absolute atomic E-state index is 0.205. The highest BCUT2D eigenvalue weighted by Crippen LogP contribution is 2.20. The minimum atomic E-state index is -3.92. The third kappa shape index (κ3) is 4.80. The summed E-state index contributed by atoms with van der Waals surface area (Å²) in [6.07, 6.45) is 0.883. The van der Waals surface area contributed by atoms with E-state index >= 15 is 0 Å². The Morgan fingerprint density at radius 1 is 1.04 bits per heavy atom. The second-order valence-electron chi connectivity index (χ2n) is 5.87. The van der Waals surface area contributed by atoms with Crippen LogP contribution in [0.3, 0.4) is 0 Å². The SMILES string of the molecule is CCc1ccc(NC(=O)CN(c2ccc(F)cc2)S(=O)(=O)N(C)C)cc1. The molecule has 1 N–H and O–H groups in total. The first-order valence-corrected chi connectivity index (χ1v) is 9.48. The number of carbonyl (C=O) groups is 1. The van der Waals surface area contributed by atoms with Gasteiger partial charge in [-0.3, -0.25) is 4.79 Å². The van der Waals surface area contributed by atoms with Crippen LogP contribution in [0.2, 0.25) is 0 Å². The van der Waals surface area contributed by atoms with Crippen LogP contribution in [-0.4, -0.2) is 39.3 Å². The molecule has 0 unspecified atom stereocenters. The number of hydrogen-bond donors (Lipinski definition) is 1. The summed E-state index contributed by atoms with van der Waals surface area (Å²) in [6, 6.07) is 12.2. The van der Waals surface area contributed by atoms with Crippen molar-refractivity contribution in [1.82, 2.24) is 4.31 Å². The molecule has 6 nitrogen and oxygen atoms in total. The lowest BCUT2D eigenvalue weighted by Crippen LogP contribution is -2.44. The van der Waals surface area contributed by atoms with Crippen LogP contribution in [0, 0.1) is 5.82 Å². The number of nitrogens with one attached hydrogen (secondary N) is 1. The first-order valence-electron chi connectivity index (χ1n) is 8.08. The molecule has 0 aromatic heterocycles. The Hall–Kier alpha value is -2.45. The number of nitrogens with zero attached hydrogens (tertiary/aromatic N) is 2. The van der Waals surface area contributed by atoms with Gasteiger partial charge in [0.15, 0.2) is 0 Å². The molecule has 140 valence electrons. The van der Waals surface area contributed by atoms with Gasteiger partial charge in [0.1, 0.15) is 12.4 Å². The highest BCUT2D eigenvalue weighted by Gasteiger charge is 2.27. The maximum Gasteiger partial charge on any atom is 0.304 e. The molecular formula is C18H22FN3O3S. The Morgan fingerprint density at radius 3 is 2.12 bits per heavy atom. The Morgan fingerprint density at radius 2 is 1.62 bits per heavy atom. The van der Waals surface area contributed by atoms with Crippen molar-refractivity contribution >= 4 is 27.5 Å². The number of anilines is 2. The summed E-state index contributed by atoms with van der Waals surface area (Å²) >= 11 is 0. The van der Waals surface area contributed by atoms with E-state index in [0.29, 0.717) is 5.69 Å². The first kappa shape index (κ1) is 19.9. The molecule has 1 amide bonds. The Bertz CT molecular complexity index is 850. The predicted molar refractivity (Wildman–Crippen MR) is 101 cm³/mol. The molecule has 26 heavy (non-hydrogen) atoms. The summed E-state index contributed by atoms with van der Waals surface area (Å²) in [5, 5.41) is 2.68. The van der Waals surface area contributed by atoms with Crippen molar-refractivity contribution in [2.45, 2.75) is 13.3 Å². The number of rotatable bonds is 7. The molecule has 0 radical (unpaired) electrons. The van der Waals surface area contributed by atoms with Gasteiger partial charge in [0.2, 0.25) is 5.91 Å². The normalized spacial score (nSPS) is 11.4. The van der Waals surface area contributed by atoms with Crippen LogP contribution in [0.15, 0.2) is 48.5 Å². The maximum atomic E-state index is 13.2. The fourth-order valence-electron chi connectivity index (χ4n) is 2.27. The van der Waals surface area contributed by atoms with Crippen molar-refractivity contribution < 1.29 is 17.6 Å². The summed E-state index contributed by atoms with van der Waals surface area (Å²) in [7, 11) is -1.18. The molecule has 0 aliphatic rings. The molecule has 2 rings (SSSR count). The Balaban J connectivity index is 2.22. The van der Waals surface area contributed by atoms with Crippen molar-refractivity contribution in [1.29, 1.82) is 0 Å². The molecule has 0 atom stereocenters. The highest BCUT2D eigenvalue weighted by atomic mass is 32.2. The molecule has 8 heteroatoms. The molecule has 0 aliphatic carbocycles. The van der Waals surface area contributed by atoms with Gasteiger partial charge < -0.3 is 5.32 Å². The average Bonchev–Trinajstić information content (AvgIpc) is 2.61. The lowest BCUT2D eigenvalue weighted by atomic mass is 10.1. The van der Waals surface area contributed by atoms with Gasteiger partial charge >= 0.3 is 10.2 Å². The highest BCUT2D eigenvalue weighted by molar-refractivity contribution is 7.90. The lowest BCUT2D eigenvalue weighted by molar-refractivity contribution is -0.114. The smallest absolute Gasteiger partial charge is 0.304 e. The van der Waals surface area contributed by atoms with Gasteiger partial charge in [-0.1, -0.05) is 19.1 Å². The largest absolute Gasteiger partial charge is 0.325 e. The van der Waals surface area contributed by atoms with Gasteiger partial charge in [-0.2, -0.15) is 12.7 Å². The van der Waals surface area contributed by atoms with Crippen molar-refractivity contribution in [2.24, 2.45) is 0 Å². The van der Waals surface area contributed by atoms with Gasteiger partial charge in [-0.25, -0.2) is 8.70 Å². The van der Waals surface area contributed by atoms with E-state index < -0.39 is 28.5 Å². The summed E-state index contributed by atoms with van der Waals surface area (Å²) in [5.41, 5.74) is 1.91. The molecule has 0 spiro atoms. The van der Waals surface area contributed by atoms with E-state index in [1.807, 2.05) is 19.1 Å². The van der Waals surface area contributed by atoms with Crippen molar-refractivity contribution in [3.05, 3.63) is 59.9 Å². The zero-order valence-electron chi connectivity index (χ0n) is 14.9. The third-order valence-electron chi connectivity index (χ3n) is 3.79. The molecular weight excluding hydrogens is 357 g/mol. The Kier molecular flexibility index (Phi) is 6.33. The number of benzene rings is 2. The summed E-state index contributed by atoms with van der Waals surface area (Å²) < 4.78 is 40.2. The van der Waals surface area contributed by atoms with Crippen LogP contribution in [0.5, 0.6) is 0 Å². The number of halogens is 1. The van der Waals surface area contributed by atoms with Gasteiger partial charge in [0.05, 0.1) is 5.69 Å². The number of aryl methyl sites for hydroxylation is 1. The quantitative estimate of drug-likeness (QED) is 0.804. The van der Waals surface area contributed by atoms with Gasteiger partial charge in [-0.05, 0) is 48.4 Å². The molecule has 0 saturated carbocycles. The van der Waals surface area contributed by atoms with Gasteiger partial charge in [0.25, 0.3) is 0 Å². The monoisotopic (exact) mass is 379 g/mol. The maximum absolute atomic E-state index is 13.2. The molecule has 2 aromatic rings. The van der Waals surface area contributed by atoms with E-state index in [9.17, 15) is 17.6 Å². The second kappa shape index (κ2) is 8.29. The number of hydrogen-bond acceptors (Lipinski definition) is 3. The van der Waals surface area contributed by atoms with Crippen LogP contribution >= 0.6 is 0 Å². The first-order chi connectivity index (χ1) is 12.2. The van der Waals surface area contributed by atoms with Crippen molar-refractivity contribution in [3.8, 4) is 0 Å². The van der Waals surface area contributed by atoms with E-state index in [0.717, 1.165) is 32.7 Å². The molecule has 0 bridgehead atoms. The minimum Gasteiger partial charge on any atom is -0.325 e. The zero-order chi connectivity index (χ0) is 19.3. The standard InChI is InChI=1S/C18H22FN3O3S/c1-4-14-5-9-16(10-6-14)20-18(23)13-22(26(24,25)21(2)3)17-11-7-15(19)8-12-17/h5-12H,4,13H2,1-3H3,(H,20,23). The molecule has 0 fully saturated rings. The molecule has 2 aromatic carbocycles. The summed E-state index contributed by atoms with van der Waals surface area (Å²) in [5.74, 6) is -0.986. The van der Waals surface area contributed by atoms with Crippen LogP contribution in [0.25, 0.3) is 0 Å². The number of carbonyl (C=O) groups excluding carboxylic acids is 1. The fraction of sp³-hybridized carbons (Fsp3) is 0.278. The summed E-state index contributed by atoms with van der Waals surface area (Å²) in [4.78, 5) is 12.4. The van der Waals surface area contributed by atoms with Crippen LogP contribution < -0.4 is 9.62 Å². The average molecular weight is 379 g/mol. The van der Waals surface area contributed by atoms with E-state index in [4.69, 9.17) is 0 Å². The topological polar surface area (TPSA) is 69.7 Å². The molecule has 0 aliphatic heterocycles. The van der Waals surface area contributed by atoms with Crippen LogP contribution in [0.4, 0.5) is 15.8 Å². The van der Waals surface area contributed by atoms with Crippen molar-refractivity contribution in [2.75, 3.05) is 30.3 Å². The predicted octanol–water partition coefficient (Wildman–Crippen LogP) is 2.64. The lowest BCUT2D eigenvalue weighted by Gasteiger charge is -2.26. The molecule has 0 saturated heterocycles. The summed E-state index contributed by atoms with van der Waals surface area (Å²) in [6.45, 7) is 1.60. The van der Waals surface area contributed by atoms with E-state index in [1.54, 1.807) is 12.1 Å². The zero-order valence-corrected chi connectivity index (χ0v) is 15.8. The van der Waals surface area contributed by atoms with E-state index in [-0.39, 0.29) is 5.69 Å². The van der Waals surface area contributed by atoms with Gasteiger partial charge in [-0.15, -0.1) is 0 Å². The fourth-order valence-corrected chi connectivity index (χ4v) is 3.33. The number of amides is 1. The van der Waals surface area contributed by atoms with E-state index in [1.165, 1.54) is 26.2 Å². The van der Waals surface area contributed by atoms with Gasteiger partial charge in [0, 0.05) is 19.8 Å². The molecule has 0 heterocycles. The third-order valence-corrected chi connectivity index (χ3v) is 5.61. The van der Waals surface area contributed by atoms with Crippen LogP contribution in [-0.2, 0) is 21.4 Å². The Labute approximate surface area is 153 Å². The van der Waals surface area contributed by atoms with Crippen molar-refractivity contribution in [3.63, 3.8) is 0 Å².